The number of benzene rings is 2. The molecular formula is C21H18F3NO3. The first-order valence-corrected chi connectivity index (χ1v) is 8.95. The molecule has 146 valence electrons. The van der Waals surface area contributed by atoms with E-state index < -0.39 is 29.6 Å². The lowest BCUT2D eigenvalue weighted by atomic mass is 9.90. The minimum Gasteiger partial charge on any atom is -0.445 e. The van der Waals surface area contributed by atoms with Crippen molar-refractivity contribution < 1.29 is 27.4 Å². The molecule has 2 aromatic carbocycles. The van der Waals surface area contributed by atoms with Crippen molar-refractivity contribution in [3.05, 3.63) is 77.1 Å². The summed E-state index contributed by atoms with van der Waals surface area (Å²) < 4.78 is 51.4. The van der Waals surface area contributed by atoms with Gasteiger partial charge in [0.2, 0.25) is 0 Å². The van der Waals surface area contributed by atoms with Gasteiger partial charge < -0.3 is 9.47 Å². The van der Waals surface area contributed by atoms with Crippen LogP contribution in [0.3, 0.4) is 0 Å². The van der Waals surface area contributed by atoms with E-state index in [1.165, 1.54) is 0 Å². The molecule has 2 heterocycles. The number of fused-ring (bicyclic) bond motifs is 2. The molecule has 4 rings (SSSR count). The fraction of sp³-hybridized carbons (Fsp3) is 0.286. The number of halogens is 3. The second kappa shape index (κ2) is 7.67. The monoisotopic (exact) mass is 389 g/mol. The van der Waals surface area contributed by atoms with Gasteiger partial charge in [-0.2, -0.15) is 0 Å². The largest absolute Gasteiger partial charge is 0.445 e. The van der Waals surface area contributed by atoms with Crippen LogP contribution in [0.2, 0.25) is 0 Å². The van der Waals surface area contributed by atoms with Crippen LogP contribution in [0.1, 0.15) is 17.5 Å². The molecule has 28 heavy (non-hydrogen) atoms. The smallest absolute Gasteiger partial charge is 0.411 e. The number of morpholine rings is 1. The molecular weight excluding hydrogens is 371 g/mol. The summed E-state index contributed by atoms with van der Waals surface area (Å²) in [5.41, 5.74) is 1.80. The van der Waals surface area contributed by atoms with Crippen LogP contribution in [-0.4, -0.2) is 36.3 Å². The molecule has 0 N–H and O–H groups in total. The van der Waals surface area contributed by atoms with E-state index in [-0.39, 0.29) is 24.8 Å². The maximum atomic E-state index is 13.6. The zero-order chi connectivity index (χ0) is 19.7. The first-order chi connectivity index (χ1) is 13.5. The molecule has 2 unspecified atom stereocenters. The fourth-order valence-electron chi connectivity index (χ4n) is 3.63. The second-order valence-electron chi connectivity index (χ2n) is 6.86. The quantitative estimate of drug-likeness (QED) is 0.735. The van der Waals surface area contributed by atoms with Crippen LogP contribution in [0.4, 0.5) is 18.0 Å². The number of nitrogens with zero attached hydrogens (tertiary/aromatic N) is 1. The Kier molecular flexibility index (Phi) is 5.09. The molecule has 1 fully saturated rings. The third-order valence-corrected chi connectivity index (χ3v) is 4.97. The van der Waals surface area contributed by atoms with Crippen molar-refractivity contribution in [2.75, 3.05) is 13.2 Å². The Balaban J connectivity index is 1.53. The standard InChI is InChI=1S/C21H18F3NO3/c22-18-8-15(9-19(23)20(18)24)14-6-16-11-27-12-17(7-14)25(16)21(26)28-10-13-4-2-1-3-5-13/h1-6,8-9,16-17H,7,10-12H2. The summed E-state index contributed by atoms with van der Waals surface area (Å²) in [7, 11) is 0. The number of amides is 1. The highest BCUT2D eigenvalue weighted by molar-refractivity contribution is 5.74. The van der Waals surface area contributed by atoms with E-state index in [2.05, 4.69) is 0 Å². The van der Waals surface area contributed by atoms with Gasteiger partial charge in [-0.05, 0) is 35.3 Å². The van der Waals surface area contributed by atoms with Gasteiger partial charge in [0.05, 0.1) is 25.3 Å². The molecule has 0 radical (unpaired) electrons. The summed E-state index contributed by atoms with van der Waals surface area (Å²) in [5.74, 6) is -3.96. The number of carbonyl (C=O) groups is 1. The topological polar surface area (TPSA) is 38.8 Å². The SMILES string of the molecule is O=C(OCc1ccccc1)N1C2C=C(c3cc(F)c(F)c(F)c3)CC1COC2. The van der Waals surface area contributed by atoms with Gasteiger partial charge in [-0.3, -0.25) is 4.90 Å². The number of carbonyl (C=O) groups excluding carboxylic acids is 1. The highest BCUT2D eigenvalue weighted by atomic mass is 19.2. The molecule has 0 spiro atoms. The predicted octanol–water partition coefficient (Wildman–Crippen LogP) is 4.30. The van der Waals surface area contributed by atoms with E-state index in [0.29, 0.717) is 18.6 Å². The first kappa shape index (κ1) is 18.6. The molecule has 0 saturated carbocycles. The Morgan fingerprint density at radius 2 is 1.82 bits per heavy atom. The Bertz CT molecular complexity index is 893. The Labute approximate surface area is 160 Å². The Morgan fingerprint density at radius 3 is 2.50 bits per heavy atom. The maximum Gasteiger partial charge on any atom is 0.411 e. The third kappa shape index (κ3) is 3.62. The van der Waals surface area contributed by atoms with Crippen molar-refractivity contribution in [3.8, 4) is 0 Å². The van der Waals surface area contributed by atoms with Crippen molar-refractivity contribution in [3.63, 3.8) is 0 Å². The van der Waals surface area contributed by atoms with Gasteiger partial charge in [-0.15, -0.1) is 0 Å². The lowest BCUT2D eigenvalue weighted by Crippen LogP contribution is -2.56. The molecule has 1 saturated heterocycles. The summed E-state index contributed by atoms with van der Waals surface area (Å²) in [4.78, 5) is 14.2. The van der Waals surface area contributed by atoms with Crippen LogP contribution in [0.5, 0.6) is 0 Å². The van der Waals surface area contributed by atoms with Crippen molar-refractivity contribution in [2.45, 2.75) is 25.1 Å². The summed E-state index contributed by atoms with van der Waals surface area (Å²) in [5, 5.41) is 0. The molecule has 2 aliphatic heterocycles. The molecule has 7 heteroatoms. The van der Waals surface area contributed by atoms with Gasteiger partial charge in [0.15, 0.2) is 17.5 Å². The molecule has 0 aliphatic carbocycles. The third-order valence-electron chi connectivity index (χ3n) is 4.97. The van der Waals surface area contributed by atoms with Crippen LogP contribution in [0.15, 0.2) is 48.5 Å². The van der Waals surface area contributed by atoms with Crippen LogP contribution in [0, 0.1) is 17.5 Å². The summed E-state index contributed by atoms with van der Waals surface area (Å²) >= 11 is 0. The van der Waals surface area contributed by atoms with Crippen molar-refractivity contribution in [1.82, 2.24) is 4.90 Å². The highest BCUT2D eigenvalue weighted by Crippen LogP contribution is 2.34. The van der Waals surface area contributed by atoms with Crippen molar-refractivity contribution >= 4 is 11.7 Å². The molecule has 2 aromatic rings. The van der Waals surface area contributed by atoms with E-state index >= 15 is 0 Å². The number of rotatable bonds is 3. The van der Waals surface area contributed by atoms with Gasteiger partial charge >= 0.3 is 6.09 Å². The summed E-state index contributed by atoms with van der Waals surface area (Å²) in [6.07, 6.45) is 1.60. The first-order valence-electron chi connectivity index (χ1n) is 8.95. The number of hydrogen-bond donors (Lipinski definition) is 0. The van der Waals surface area contributed by atoms with E-state index in [1.54, 1.807) is 11.0 Å². The van der Waals surface area contributed by atoms with E-state index in [1.807, 2.05) is 30.3 Å². The predicted molar refractivity (Wildman–Crippen MR) is 95.8 cm³/mol. The molecule has 0 aromatic heterocycles. The van der Waals surface area contributed by atoms with Gasteiger partial charge in [0.25, 0.3) is 0 Å². The minimum absolute atomic E-state index is 0.154. The zero-order valence-corrected chi connectivity index (χ0v) is 14.9. The van der Waals surface area contributed by atoms with Crippen molar-refractivity contribution in [2.24, 2.45) is 0 Å². The Hall–Kier alpha value is -2.80. The minimum atomic E-state index is -1.49. The van der Waals surface area contributed by atoms with Gasteiger partial charge in [-0.1, -0.05) is 36.4 Å². The van der Waals surface area contributed by atoms with Gasteiger partial charge in [0, 0.05) is 0 Å². The zero-order valence-electron chi connectivity index (χ0n) is 14.9. The van der Waals surface area contributed by atoms with Crippen LogP contribution < -0.4 is 0 Å². The normalized spacial score (nSPS) is 21.2. The van der Waals surface area contributed by atoms with Gasteiger partial charge in [0.1, 0.15) is 6.61 Å². The van der Waals surface area contributed by atoms with Crippen LogP contribution >= 0.6 is 0 Å². The number of hydrogen-bond acceptors (Lipinski definition) is 3. The molecule has 2 atom stereocenters. The maximum absolute atomic E-state index is 13.6. The second-order valence-corrected chi connectivity index (χ2v) is 6.86. The highest BCUT2D eigenvalue weighted by Gasteiger charge is 2.39. The lowest BCUT2D eigenvalue weighted by molar-refractivity contribution is -0.0342. The van der Waals surface area contributed by atoms with E-state index in [4.69, 9.17) is 9.47 Å². The summed E-state index contributed by atoms with van der Waals surface area (Å²) in [6.45, 7) is 0.703. The average molecular weight is 389 g/mol. The van der Waals surface area contributed by atoms with Crippen molar-refractivity contribution in [1.29, 1.82) is 0 Å². The molecule has 4 nitrogen and oxygen atoms in total. The van der Waals surface area contributed by atoms with Gasteiger partial charge in [-0.25, -0.2) is 18.0 Å². The fourth-order valence-corrected chi connectivity index (χ4v) is 3.63. The molecule has 2 aliphatic rings. The van der Waals surface area contributed by atoms with Crippen LogP contribution in [0.25, 0.3) is 5.57 Å². The lowest BCUT2D eigenvalue weighted by Gasteiger charge is -2.43. The van der Waals surface area contributed by atoms with E-state index in [9.17, 15) is 18.0 Å². The van der Waals surface area contributed by atoms with Crippen LogP contribution in [-0.2, 0) is 16.1 Å². The van der Waals surface area contributed by atoms with E-state index in [0.717, 1.165) is 17.7 Å². The summed E-state index contributed by atoms with van der Waals surface area (Å²) in [6, 6.07) is 10.6. The number of ether oxygens (including phenoxy) is 2. The Morgan fingerprint density at radius 1 is 1.11 bits per heavy atom. The molecule has 1 amide bonds. The molecule has 2 bridgehead atoms. The average Bonchev–Trinajstić information content (AvgIpc) is 2.69.